The summed E-state index contributed by atoms with van der Waals surface area (Å²) >= 11 is 0. The van der Waals surface area contributed by atoms with E-state index < -0.39 is 0 Å². The zero-order chi connectivity index (χ0) is 19.6. The van der Waals surface area contributed by atoms with Crippen LogP contribution in [-0.4, -0.2) is 10.4 Å². The summed E-state index contributed by atoms with van der Waals surface area (Å²) in [6, 6.07) is 30.4. The highest BCUT2D eigenvalue weighted by atomic mass is 16.1. The van der Waals surface area contributed by atoms with Gasteiger partial charge in [0.1, 0.15) is 0 Å². The molecule has 0 radical (unpaired) electrons. The lowest BCUT2D eigenvalue weighted by atomic mass is 9.91. The molecule has 0 unspecified atom stereocenters. The van der Waals surface area contributed by atoms with E-state index in [-0.39, 0.29) is 5.78 Å². The molecule has 0 saturated carbocycles. The van der Waals surface area contributed by atoms with Crippen molar-refractivity contribution in [2.75, 3.05) is 0 Å². The van der Waals surface area contributed by atoms with Gasteiger partial charge in [-0.25, -0.2) is 0 Å². The maximum Gasteiger partial charge on any atom is 0.195 e. The third-order valence-corrected chi connectivity index (χ3v) is 5.79. The van der Waals surface area contributed by atoms with E-state index in [1.54, 1.807) is 0 Å². The Kier molecular flexibility index (Phi) is 4.61. The van der Waals surface area contributed by atoms with E-state index in [1.807, 2.05) is 42.5 Å². The number of hydrogen-bond donors (Lipinski definition) is 0. The number of hydrogen-bond acceptors (Lipinski definition) is 1. The van der Waals surface area contributed by atoms with E-state index in [0.29, 0.717) is 0 Å². The molecule has 0 aliphatic carbocycles. The smallest absolute Gasteiger partial charge is 0.195 e. The Labute approximate surface area is 171 Å². The second kappa shape index (κ2) is 7.56. The van der Waals surface area contributed by atoms with Crippen LogP contribution in [0.15, 0.2) is 91.0 Å². The van der Waals surface area contributed by atoms with Gasteiger partial charge in [0.15, 0.2) is 5.78 Å². The van der Waals surface area contributed by atoms with Crippen LogP contribution in [0.25, 0.3) is 22.4 Å². The molecule has 29 heavy (non-hydrogen) atoms. The van der Waals surface area contributed by atoms with E-state index in [4.69, 9.17) is 0 Å². The lowest BCUT2D eigenvalue weighted by molar-refractivity contribution is 0.104. The van der Waals surface area contributed by atoms with Gasteiger partial charge in [-0.2, -0.15) is 0 Å². The normalized spacial score (nSPS) is 13.1. The van der Waals surface area contributed by atoms with Crippen LogP contribution in [0.3, 0.4) is 0 Å². The van der Waals surface area contributed by atoms with Crippen molar-refractivity contribution >= 4 is 5.78 Å². The van der Waals surface area contributed by atoms with E-state index in [1.165, 1.54) is 5.69 Å². The number of carbonyl (C=O) groups is 1. The Morgan fingerprint density at radius 2 is 1.28 bits per heavy atom. The molecule has 0 bridgehead atoms. The highest BCUT2D eigenvalue weighted by Gasteiger charge is 2.30. The van der Waals surface area contributed by atoms with Crippen LogP contribution >= 0.6 is 0 Å². The Hall–Kier alpha value is -3.39. The van der Waals surface area contributed by atoms with Crippen molar-refractivity contribution in [1.82, 2.24) is 4.57 Å². The van der Waals surface area contributed by atoms with Gasteiger partial charge in [-0.3, -0.25) is 4.79 Å². The predicted octanol–water partition coefficient (Wildman–Crippen LogP) is 6.39. The van der Waals surface area contributed by atoms with Gasteiger partial charge in [0.25, 0.3) is 0 Å². The summed E-state index contributed by atoms with van der Waals surface area (Å²) in [7, 11) is 0. The third-order valence-electron chi connectivity index (χ3n) is 5.79. The molecule has 1 aromatic heterocycles. The molecule has 3 aromatic carbocycles. The number of fused-ring (bicyclic) bond motifs is 1. The van der Waals surface area contributed by atoms with Crippen molar-refractivity contribution < 1.29 is 4.79 Å². The Morgan fingerprint density at radius 1 is 0.690 bits per heavy atom. The fourth-order valence-electron chi connectivity index (χ4n) is 4.50. The number of carbonyl (C=O) groups excluding carboxylic acids is 1. The molecule has 0 spiro atoms. The molecule has 0 fully saturated rings. The Morgan fingerprint density at radius 3 is 1.93 bits per heavy atom. The molecule has 1 aliphatic heterocycles. The first-order chi connectivity index (χ1) is 14.3. The predicted molar refractivity (Wildman–Crippen MR) is 118 cm³/mol. The average Bonchev–Trinajstić information content (AvgIpc) is 3.15. The van der Waals surface area contributed by atoms with Crippen molar-refractivity contribution in [3.05, 3.63) is 108 Å². The van der Waals surface area contributed by atoms with Crippen LogP contribution in [0.2, 0.25) is 0 Å². The molecule has 0 atom stereocenters. The van der Waals surface area contributed by atoms with Crippen LogP contribution in [0.1, 0.15) is 34.5 Å². The van der Waals surface area contributed by atoms with Gasteiger partial charge in [-0.05, 0) is 30.4 Å². The average molecular weight is 377 g/mol. The van der Waals surface area contributed by atoms with Gasteiger partial charge in [0.2, 0.25) is 0 Å². The molecule has 2 heteroatoms. The van der Waals surface area contributed by atoms with Gasteiger partial charge in [0, 0.05) is 23.4 Å². The Balaban J connectivity index is 1.85. The number of benzene rings is 3. The zero-order valence-electron chi connectivity index (χ0n) is 16.3. The molecule has 0 N–H and O–H groups in total. The van der Waals surface area contributed by atoms with Crippen LogP contribution in [0.5, 0.6) is 0 Å². The number of ketones is 1. The molecule has 0 amide bonds. The van der Waals surface area contributed by atoms with Gasteiger partial charge >= 0.3 is 0 Å². The lowest BCUT2D eigenvalue weighted by Crippen LogP contribution is -2.11. The second-order valence-corrected chi connectivity index (χ2v) is 7.58. The second-order valence-electron chi connectivity index (χ2n) is 7.58. The van der Waals surface area contributed by atoms with Crippen molar-refractivity contribution in [2.24, 2.45) is 0 Å². The van der Waals surface area contributed by atoms with Crippen molar-refractivity contribution in [2.45, 2.75) is 25.8 Å². The first-order valence-electron chi connectivity index (χ1n) is 10.3. The SMILES string of the molecule is O=C(c1ccccc1)c1c(-c2ccccc2)c2n(c1-c1ccccc1)CCCC2. The van der Waals surface area contributed by atoms with Crippen molar-refractivity contribution in [3.8, 4) is 22.4 Å². The summed E-state index contributed by atoms with van der Waals surface area (Å²) in [5.41, 5.74) is 7.28. The first-order valence-corrected chi connectivity index (χ1v) is 10.3. The minimum atomic E-state index is 0.102. The summed E-state index contributed by atoms with van der Waals surface area (Å²) in [5, 5.41) is 0. The van der Waals surface area contributed by atoms with Gasteiger partial charge < -0.3 is 4.57 Å². The topological polar surface area (TPSA) is 22.0 Å². The fraction of sp³-hybridized carbons (Fsp3) is 0.148. The van der Waals surface area contributed by atoms with Crippen LogP contribution in [-0.2, 0) is 13.0 Å². The summed E-state index contributed by atoms with van der Waals surface area (Å²) in [6.45, 7) is 0.960. The molecule has 5 rings (SSSR count). The molecule has 4 aromatic rings. The zero-order valence-corrected chi connectivity index (χ0v) is 16.3. The molecular weight excluding hydrogens is 354 g/mol. The van der Waals surface area contributed by atoms with Crippen molar-refractivity contribution in [1.29, 1.82) is 0 Å². The van der Waals surface area contributed by atoms with Crippen molar-refractivity contribution in [3.63, 3.8) is 0 Å². The van der Waals surface area contributed by atoms with Crippen LogP contribution < -0.4 is 0 Å². The minimum Gasteiger partial charge on any atom is -0.343 e. The quantitative estimate of drug-likeness (QED) is 0.378. The fourth-order valence-corrected chi connectivity index (χ4v) is 4.50. The summed E-state index contributed by atoms with van der Waals surface area (Å²) in [6.07, 6.45) is 3.32. The van der Waals surface area contributed by atoms with Gasteiger partial charge in [-0.15, -0.1) is 0 Å². The standard InChI is InChI=1S/C27H23NO/c29-27(22-16-8-3-9-17-22)25-24(20-12-4-1-5-13-20)23-18-10-11-19-28(23)26(25)21-14-6-2-7-15-21/h1-9,12-17H,10-11,18-19H2. The number of rotatable bonds is 4. The summed E-state index contributed by atoms with van der Waals surface area (Å²) in [4.78, 5) is 13.8. The lowest BCUT2D eigenvalue weighted by Gasteiger charge is -2.19. The third kappa shape index (κ3) is 3.11. The maximum absolute atomic E-state index is 13.8. The Bertz CT molecular complexity index is 1070. The van der Waals surface area contributed by atoms with E-state index in [9.17, 15) is 4.79 Å². The summed E-state index contributed by atoms with van der Waals surface area (Å²) < 4.78 is 2.40. The van der Waals surface area contributed by atoms with E-state index in [2.05, 4.69) is 53.1 Å². The number of aromatic nitrogens is 1. The largest absolute Gasteiger partial charge is 0.343 e. The van der Waals surface area contributed by atoms with Gasteiger partial charge in [0.05, 0.1) is 11.3 Å². The molecule has 2 heterocycles. The first kappa shape index (κ1) is 17.7. The van der Waals surface area contributed by atoms with Crippen LogP contribution in [0, 0.1) is 0 Å². The highest BCUT2D eigenvalue weighted by molar-refractivity contribution is 6.17. The van der Waals surface area contributed by atoms with E-state index in [0.717, 1.165) is 59.3 Å². The molecule has 142 valence electrons. The van der Waals surface area contributed by atoms with Crippen LogP contribution in [0.4, 0.5) is 0 Å². The van der Waals surface area contributed by atoms with Gasteiger partial charge in [-0.1, -0.05) is 91.0 Å². The molecule has 1 aliphatic rings. The van der Waals surface area contributed by atoms with E-state index >= 15 is 0 Å². The monoisotopic (exact) mass is 377 g/mol. The molecular formula is C27H23NO. The maximum atomic E-state index is 13.8. The number of nitrogens with zero attached hydrogens (tertiary/aromatic N) is 1. The molecule has 0 saturated heterocycles. The minimum absolute atomic E-state index is 0.102. The molecule has 2 nitrogen and oxygen atoms in total. The highest BCUT2D eigenvalue weighted by Crippen LogP contribution is 2.41. The summed E-state index contributed by atoms with van der Waals surface area (Å²) in [5.74, 6) is 0.102.